The molecule has 0 aliphatic rings. The van der Waals surface area contributed by atoms with Gasteiger partial charge >= 0.3 is 5.97 Å². The van der Waals surface area contributed by atoms with E-state index in [9.17, 15) is 14.4 Å². The number of fused-ring (bicyclic) bond motifs is 1. The van der Waals surface area contributed by atoms with Gasteiger partial charge in [0.2, 0.25) is 0 Å². The van der Waals surface area contributed by atoms with Crippen molar-refractivity contribution in [1.29, 1.82) is 5.41 Å². The van der Waals surface area contributed by atoms with E-state index in [0.717, 1.165) is 16.8 Å². The number of hydrogen-bond donors (Lipinski definition) is 3. The highest BCUT2D eigenvalue weighted by Gasteiger charge is 2.24. The number of carbonyl (C=O) groups is 3. The average molecular weight is 548 g/mol. The zero-order valence-corrected chi connectivity index (χ0v) is 22.5. The van der Waals surface area contributed by atoms with Gasteiger partial charge in [-0.3, -0.25) is 29.7 Å². The van der Waals surface area contributed by atoms with Gasteiger partial charge in [0.25, 0.3) is 5.91 Å². The number of rotatable bonds is 10. The second-order valence-corrected chi connectivity index (χ2v) is 8.80. The number of nitrogen functional groups attached to an aromatic ring is 1. The van der Waals surface area contributed by atoms with Gasteiger partial charge < -0.3 is 15.5 Å². The molecule has 0 unspecified atom stereocenters. The van der Waals surface area contributed by atoms with E-state index in [-0.39, 0.29) is 49.3 Å². The molecule has 39 heavy (non-hydrogen) atoms. The summed E-state index contributed by atoms with van der Waals surface area (Å²) in [5.74, 6) is -1.05. The van der Waals surface area contributed by atoms with Crippen molar-refractivity contribution in [2.45, 2.75) is 26.7 Å². The number of amidine groups is 1. The number of esters is 1. The molecule has 0 aliphatic carbocycles. The smallest absolute Gasteiger partial charge is 0.326 e. The lowest BCUT2D eigenvalue weighted by Gasteiger charge is -2.22. The second-order valence-electron chi connectivity index (χ2n) is 8.80. The number of nitrogens with two attached hydrogens (primary N) is 1. The third-order valence-corrected chi connectivity index (χ3v) is 6.19. The van der Waals surface area contributed by atoms with Crippen molar-refractivity contribution in [2.24, 2.45) is 5.73 Å². The maximum Gasteiger partial charge on any atom is 0.326 e. The van der Waals surface area contributed by atoms with Crippen LogP contribution in [0.1, 0.15) is 51.0 Å². The molecule has 4 rings (SSSR count). The number of aromatic nitrogens is 2. The van der Waals surface area contributed by atoms with Crippen LogP contribution in [-0.2, 0) is 16.0 Å². The van der Waals surface area contributed by atoms with Crippen molar-refractivity contribution in [1.82, 2.24) is 9.97 Å². The first kappa shape index (κ1) is 29.1. The molecular formula is C29H30ClN5O4. The molecule has 1 amide bonds. The molecule has 2 aromatic carbocycles. The Morgan fingerprint density at radius 3 is 2.46 bits per heavy atom. The van der Waals surface area contributed by atoms with Gasteiger partial charge in [0.1, 0.15) is 18.1 Å². The minimum absolute atomic E-state index is 0. The molecule has 2 aromatic heterocycles. The monoisotopic (exact) mass is 547 g/mol. The van der Waals surface area contributed by atoms with Crippen LogP contribution in [-0.4, -0.2) is 46.6 Å². The summed E-state index contributed by atoms with van der Waals surface area (Å²) in [4.78, 5) is 47.7. The predicted molar refractivity (Wildman–Crippen MR) is 153 cm³/mol. The predicted octanol–water partition coefficient (Wildman–Crippen LogP) is 4.60. The zero-order chi connectivity index (χ0) is 27.2. The Hall–Kier alpha value is -4.50. The number of pyridine rings is 1. The number of aryl methyl sites for hydroxylation is 2. The van der Waals surface area contributed by atoms with Crippen molar-refractivity contribution in [3.8, 4) is 0 Å². The minimum Gasteiger partial charge on any atom is -0.465 e. The van der Waals surface area contributed by atoms with Crippen LogP contribution >= 0.6 is 12.4 Å². The van der Waals surface area contributed by atoms with E-state index in [0.29, 0.717) is 28.6 Å². The van der Waals surface area contributed by atoms with Crippen LogP contribution in [0.15, 0.2) is 66.9 Å². The number of amides is 1. The van der Waals surface area contributed by atoms with Gasteiger partial charge in [-0.25, -0.2) is 0 Å². The van der Waals surface area contributed by atoms with Crippen LogP contribution in [0.5, 0.6) is 0 Å². The van der Waals surface area contributed by atoms with Gasteiger partial charge in [-0.2, -0.15) is 0 Å². The molecule has 0 aliphatic heterocycles. The fourth-order valence-electron chi connectivity index (χ4n) is 4.32. The third-order valence-electron chi connectivity index (χ3n) is 6.19. The van der Waals surface area contributed by atoms with Crippen LogP contribution in [0.4, 0.5) is 5.69 Å². The summed E-state index contributed by atoms with van der Waals surface area (Å²) >= 11 is 0. The van der Waals surface area contributed by atoms with E-state index >= 15 is 0 Å². The number of anilines is 1. The fraction of sp³-hybridized carbons (Fsp3) is 0.207. The van der Waals surface area contributed by atoms with E-state index in [4.69, 9.17) is 15.9 Å². The molecule has 0 saturated carbocycles. The van der Waals surface area contributed by atoms with Gasteiger partial charge in [0.05, 0.1) is 6.61 Å². The van der Waals surface area contributed by atoms with Gasteiger partial charge in [-0.05, 0) is 56.2 Å². The molecule has 9 nitrogen and oxygen atoms in total. The Balaban J connectivity index is 0.00000420. The number of hydrogen-bond acceptors (Lipinski definition) is 6. The molecule has 2 heterocycles. The lowest BCUT2D eigenvalue weighted by molar-refractivity contribution is -0.141. The van der Waals surface area contributed by atoms with Crippen molar-refractivity contribution < 1.29 is 19.1 Å². The van der Waals surface area contributed by atoms with E-state index in [2.05, 4.69) is 9.97 Å². The summed E-state index contributed by atoms with van der Waals surface area (Å²) < 4.78 is 5.10. The Morgan fingerprint density at radius 2 is 1.82 bits per heavy atom. The molecule has 0 spiro atoms. The Bertz CT molecular complexity index is 1500. The minimum atomic E-state index is -0.547. The first-order valence-corrected chi connectivity index (χ1v) is 12.3. The number of nitrogens with one attached hydrogen (secondary N) is 2. The molecule has 0 atom stereocenters. The SMILES string of the molecule is CCOC(=O)CN(C(=O)c1ccccn1)c1ccc2[nH]c(C)c(C(=O)CCc3ccc(C(=N)N)cc3)c2c1.Cl. The van der Waals surface area contributed by atoms with Crippen LogP contribution in [0, 0.1) is 12.3 Å². The largest absolute Gasteiger partial charge is 0.465 e. The fourth-order valence-corrected chi connectivity index (χ4v) is 4.32. The molecule has 0 fully saturated rings. The standard InChI is InChI=1S/C29H29N5O4.ClH/c1-3-38-26(36)17-34(29(37)24-6-4-5-15-32-24)21-12-13-23-22(16-21)27(18(2)33-23)25(35)14-9-19-7-10-20(11-8-19)28(30)31;/h4-8,10-13,15-16,33H,3,9,14,17H2,1-2H3,(H3,30,31);1H. The Labute approximate surface area is 232 Å². The third kappa shape index (κ3) is 6.69. The molecular weight excluding hydrogens is 518 g/mol. The number of ketones is 1. The van der Waals surface area contributed by atoms with Crippen molar-refractivity contribution in [2.75, 3.05) is 18.1 Å². The highest BCUT2D eigenvalue weighted by Crippen LogP contribution is 2.29. The number of Topliss-reactive ketones (excluding diaryl/α,β-unsaturated/α-hetero) is 1. The van der Waals surface area contributed by atoms with E-state index in [1.165, 1.54) is 11.1 Å². The number of carbonyl (C=O) groups excluding carboxylic acids is 3. The molecule has 0 saturated heterocycles. The van der Waals surface area contributed by atoms with Crippen LogP contribution in [0.3, 0.4) is 0 Å². The van der Waals surface area contributed by atoms with Crippen molar-refractivity contribution in [3.63, 3.8) is 0 Å². The van der Waals surface area contributed by atoms with Crippen LogP contribution in [0.2, 0.25) is 0 Å². The molecule has 10 heteroatoms. The zero-order valence-electron chi connectivity index (χ0n) is 21.7. The number of nitrogens with zero attached hydrogens (tertiary/aromatic N) is 2. The number of ether oxygens (including phenoxy) is 1. The molecule has 4 N–H and O–H groups in total. The van der Waals surface area contributed by atoms with E-state index in [1.807, 2.05) is 19.1 Å². The van der Waals surface area contributed by atoms with Gasteiger partial charge in [0, 0.05) is 46.0 Å². The van der Waals surface area contributed by atoms with Gasteiger partial charge in [-0.15, -0.1) is 12.4 Å². The lowest BCUT2D eigenvalue weighted by atomic mass is 9.99. The lowest BCUT2D eigenvalue weighted by Crippen LogP contribution is -2.37. The summed E-state index contributed by atoms with van der Waals surface area (Å²) in [6.07, 6.45) is 2.31. The summed E-state index contributed by atoms with van der Waals surface area (Å²) in [6.45, 7) is 3.44. The van der Waals surface area contributed by atoms with Gasteiger partial charge in [-0.1, -0.05) is 30.3 Å². The first-order valence-electron chi connectivity index (χ1n) is 12.3. The number of benzene rings is 2. The average Bonchev–Trinajstić information content (AvgIpc) is 3.25. The number of H-pyrrole nitrogens is 1. The number of halogens is 1. The van der Waals surface area contributed by atoms with Crippen LogP contribution in [0.25, 0.3) is 10.9 Å². The Morgan fingerprint density at radius 1 is 1.08 bits per heavy atom. The molecule has 0 bridgehead atoms. The van der Waals surface area contributed by atoms with E-state index < -0.39 is 11.9 Å². The van der Waals surface area contributed by atoms with E-state index in [1.54, 1.807) is 55.5 Å². The highest BCUT2D eigenvalue weighted by molar-refractivity contribution is 6.12. The maximum atomic E-state index is 13.3. The van der Waals surface area contributed by atoms with Crippen LogP contribution < -0.4 is 10.6 Å². The van der Waals surface area contributed by atoms with Gasteiger partial charge in [0.15, 0.2) is 5.78 Å². The number of aromatic amines is 1. The first-order chi connectivity index (χ1) is 18.3. The molecule has 0 radical (unpaired) electrons. The normalized spacial score (nSPS) is 10.5. The second kappa shape index (κ2) is 12.8. The summed E-state index contributed by atoms with van der Waals surface area (Å²) in [5.41, 5.74) is 9.77. The molecule has 202 valence electrons. The summed E-state index contributed by atoms with van der Waals surface area (Å²) in [6, 6.07) is 17.5. The summed E-state index contributed by atoms with van der Waals surface area (Å²) in [7, 11) is 0. The Kier molecular flexibility index (Phi) is 9.57. The topological polar surface area (TPSA) is 142 Å². The van der Waals surface area contributed by atoms with Crippen molar-refractivity contribution >= 4 is 52.5 Å². The maximum absolute atomic E-state index is 13.3. The van der Waals surface area contributed by atoms with Crippen molar-refractivity contribution in [3.05, 3.63) is 94.9 Å². The summed E-state index contributed by atoms with van der Waals surface area (Å²) in [5, 5.41) is 8.18. The quantitative estimate of drug-likeness (QED) is 0.115. The molecule has 4 aromatic rings. The highest BCUT2D eigenvalue weighted by atomic mass is 35.5.